The van der Waals surface area contributed by atoms with Crippen molar-refractivity contribution in [1.29, 1.82) is 21.6 Å². The molecule has 0 bridgehead atoms. The van der Waals surface area contributed by atoms with E-state index >= 15 is 43.2 Å². The Morgan fingerprint density at radius 2 is 0.412 bits per heavy atom. The molecule has 5 aromatic carbocycles. The van der Waals surface area contributed by atoms with Gasteiger partial charge in [-0.25, -0.2) is 0 Å². The zero-order valence-electron chi connectivity index (χ0n) is 62.6. The minimum absolute atomic E-state index is 0.0282. The molecule has 6 heterocycles. The molecule has 10 aromatic rings. The number of para-hydroxylation sites is 5. The smallest absolute Gasteiger partial charge is 0.243 e. The minimum Gasteiger partial charge on any atom is -0.370 e. The van der Waals surface area contributed by atoms with Crippen LogP contribution in [0.1, 0.15) is 79.2 Å². The maximum Gasteiger partial charge on any atom is 0.243 e. The molecule has 9 amide bonds. The molecule has 1 aliphatic heterocycles. The summed E-state index contributed by atoms with van der Waals surface area (Å²) in [5, 5.41) is 71.8. The van der Waals surface area contributed by atoms with E-state index in [-0.39, 0.29) is 133 Å². The Morgan fingerprint density at radius 3 is 0.588 bits per heavy atom. The predicted octanol–water partition coefficient (Wildman–Crippen LogP) is 1.04. The van der Waals surface area contributed by atoms with Gasteiger partial charge in [0.15, 0.2) is 23.8 Å². The number of aromatic amines is 5. The van der Waals surface area contributed by atoms with Gasteiger partial charge >= 0.3 is 0 Å². The number of hydrogen-bond acceptors (Lipinski definition) is 13. The van der Waals surface area contributed by atoms with Gasteiger partial charge in [-0.2, -0.15) is 0 Å². The largest absolute Gasteiger partial charge is 0.370 e. The summed E-state index contributed by atoms with van der Waals surface area (Å²) in [5.74, 6) is -9.55. The highest BCUT2D eigenvalue weighted by molar-refractivity contribution is 6.01. The lowest BCUT2D eigenvalue weighted by molar-refractivity contribution is -0.136. The monoisotopic (exact) mass is 1550 g/mol. The van der Waals surface area contributed by atoms with Crippen LogP contribution in [-0.4, -0.2) is 182 Å². The number of carbonyl (C=O) groups is 9. The van der Waals surface area contributed by atoms with Crippen LogP contribution in [0.25, 0.3) is 54.5 Å². The quantitative estimate of drug-likeness (QED) is 0.0205. The molecule has 114 heavy (non-hydrogen) atoms. The van der Waals surface area contributed by atoms with Crippen molar-refractivity contribution in [3.63, 3.8) is 0 Å². The van der Waals surface area contributed by atoms with Crippen molar-refractivity contribution in [3.8, 4) is 0 Å². The Morgan fingerprint density at radius 1 is 0.254 bits per heavy atom. The summed E-state index contributed by atoms with van der Waals surface area (Å²) in [7, 11) is 0. The highest BCUT2D eigenvalue weighted by Gasteiger charge is 2.38. The first-order valence-electron chi connectivity index (χ1n) is 37.8. The Bertz CT molecular complexity index is 4970. The molecule has 5 aromatic heterocycles. The number of hydrogen-bond donors (Lipinski definition) is 26. The van der Waals surface area contributed by atoms with E-state index < -0.39 is 108 Å². The second kappa shape index (κ2) is 38.6. The van der Waals surface area contributed by atoms with Crippen LogP contribution in [0.5, 0.6) is 0 Å². The van der Waals surface area contributed by atoms with E-state index in [2.05, 4.69) is 94.0 Å². The molecule has 30 N–H and O–H groups in total. The average molecular weight is 1560 g/mol. The summed E-state index contributed by atoms with van der Waals surface area (Å²) >= 11 is 0. The third-order valence-corrected chi connectivity index (χ3v) is 20.1. The first-order chi connectivity index (χ1) is 55.0. The molecule has 0 unspecified atom stereocenters. The number of aromatic nitrogens is 5. The highest BCUT2D eigenvalue weighted by Crippen LogP contribution is 2.26. The summed E-state index contributed by atoms with van der Waals surface area (Å²) in [6.45, 7) is 0.124. The number of carbonyl (C=O) groups excluding carboxylic acids is 9. The second-order valence-electron chi connectivity index (χ2n) is 28.3. The molecule has 1 fully saturated rings. The molecule has 35 nitrogen and oxygen atoms in total. The number of benzene rings is 5. The van der Waals surface area contributed by atoms with Crippen LogP contribution in [0.4, 0.5) is 0 Å². The fraction of sp³-hybridized carbons (Fsp3) is 0.329. The second-order valence-corrected chi connectivity index (χ2v) is 28.3. The molecule has 0 aliphatic carbocycles. The van der Waals surface area contributed by atoms with Gasteiger partial charge in [-0.05, 0) is 110 Å². The highest BCUT2D eigenvalue weighted by atomic mass is 16.2. The molecule has 0 spiro atoms. The van der Waals surface area contributed by atoms with Crippen molar-refractivity contribution >= 4 is 132 Å². The van der Waals surface area contributed by atoms with E-state index in [1.165, 1.54) is 0 Å². The maximum absolute atomic E-state index is 16.0. The van der Waals surface area contributed by atoms with Crippen LogP contribution in [-0.2, 0) is 75.3 Å². The van der Waals surface area contributed by atoms with Crippen molar-refractivity contribution in [2.75, 3.05) is 26.2 Å². The lowest BCUT2D eigenvalue weighted by Crippen LogP contribution is -2.61. The number of amides is 9. The number of nitrogens with two attached hydrogens (primary N) is 4. The van der Waals surface area contributed by atoms with Gasteiger partial charge in [-0.1, -0.05) is 91.0 Å². The number of rotatable bonds is 26. The van der Waals surface area contributed by atoms with Crippen molar-refractivity contribution in [2.24, 2.45) is 22.9 Å². The summed E-state index contributed by atoms with van der Waals surface area (Å²) in [4.78, 5) is 157. The lowest BCUT2D eigenvalue weighted by Gasteiger charge is -2.28. The minimum atomic E-state index is -1.55. The lowest BCUT2D eigenvalue weighted by atomic mass is 9.99. The van der Waals surface area contributed by atoms with Crippen LogP contribution in [0.3, 0.4) is 0 Å². The van der Waals surface area contributed by atoms with Crippen LogP contribution in [0.15, 0.2) is 152 Å². The van der Waals surface area contributed by atoms with Crippen LogP contribution in [0.2, 0.25) is 0 Å². The molecular formula is C79H98N26O9. The van der Waals surface area contributed by atoms with Gasteiger partial charge in [0.05, 0.1) is 0 Å². The predicted molar refractivity (Wildman–Crippen MR) is 434 cm³/mol. The molecule has 1 aliphatic rings. The number of nitrogens with one attached hydrogen (secondary N) is 22. The first kappa shape index (κ1) is 81.1. The third kappa shape index (κ3) is 21.8. The van der Waals surface area contributed by atoms with E-state index in [0.29, 0.717) is 82.3 Å². The van der Waals surface area contributed by atoms with Gasteiger partial charge in [-0.15, -0.1) is 0 Å². The van der Waals surface area contributed by atoms with Gasteiger partial charge in [0, 0.05) is 144 Å². The molecule has 1 saturated heterocycles. The van der Waals surface area contributed by atoms with Crippen LogP contribution in [0, 0.1) is 21.6 Å². The van der Waals surface area contributed by atoms with Crippen molar-refractivity contribution in [1.82, 2.24) is 94.0 Å². The fourth-order valence-electron chi connectivity index (χ4n) is 14.3. The number of guanidine groups is 4. The van der Waals surface area contributed by atoms with Gasteiger partial charge in [0.2, 0.25) is 53.2 Å². The fourth-order valence-corrected chi connectivity index (χ4v) is 14.3. The van der Waals surface area contributed by atoms with Gasteiger partial charge in [-0.3, -0.25) is 64.8 Å². The standard InChI is InChI=1S/C79H98N26O9/c80-76(81)88-29-11-25-58-67(106)97-59(26-12-30-89-77(82)83)68(107)99-61(28-14-32-91-79(86)87)70(109)101-63(34-44-39-93-54-21-7-2-16-49(44)54)72(111)103-65(36-46-41-95-56-23-9-4-18-51(46)56)74(113)105-66(37-47-42-96-57-24-10-5-19-52(47)57)75(114)104-64(35-45-40-94-55-22-8-3-17-50(45)55)73(112)102-62(33-43-38-92-53-20-6-1-15-48(43)53)71(110)100-60(69(108)98-58)27-13-31-90-78(84)85/h1-10,15-24,38-42,58-66,92-96H,11-14,25-37H2,(H,97,106)(H,98,108)(H,99,107)(H,100,110)(H,101,109)(H,102,112)(H,103,111)(H,104,114)(H,105,113)(H4,80,81,88)(H4,82,83,89)(H4,84,85,90)(H4,86,87,91)/t58-,59-,60-,61-,62-,63-,64-,65-,66-/m0/s1. The third-order valence-electron chi connectivity index (χ3n) is 20.1. The maximum atomic E-state index is 16.0. The number of H-pyrrole nitrogens is 5. The van der Waals surface area contributed by atoms with Gasteiger partial charge < -0.3 is 117 Å². The Hall–Kier alpha value is -13.9. The zero-order chi connectivity index (χ0) is 80.8. The van der Waals surface area contributed by atoms with Crippen LogP contribution < -0.4 is 92.1 Å². The molecule has 9 atom stereocenters. The molecule has 11 rings (SSSR count). The topological polar surface area (TPSA) is 588 Å². The Balaban J connectivity index is 1.05. The average Bonchev–Trinajstić information content (AvgIpc) is 1.47. The first-order valence-corrected chi connectivity index (χ1v) is 37.8. The number of fused-ring (bicyclic) bond motifs is 5. The molecular weight excluding hydrogens is 1460 g/mol. The van der Waals surface area contributed by atoms with E-state index in [4.69, 9.17) is 44.6 Å². The molecule has 0 radical (unpaired) electrons. The van der Waals surface area contributed by atoms with E-state index in [0.717, 1.165) is 0 Å². The SMILES string of the molecule is N=C(N)NCCC[C@@H]1NC(=O)[C@H](CCCNC(=N)N)NC(=O)[C@H](CCCNC(=N)N)NC(=O)[C@H](Cc2c[nH]c3ccccc23)NC(=O)[C@H](Cc2c[nH]c3ccccc23)NC(=O)[C@H](Cc2c[nH]c3ccccc23)NC(=O)[C@H](Cc2c[nH]c3ccccc23)NC(=O)[C@H](Cc2c[nH]c3ccccc23)NC(=O)[C@H](CCCNC(=N)N)NC1=O. The van der Waals surface area contributed by atoms with E-state index in [1.54, 1.807) is 43.1 Å². The van der Waals surface area contributed by atoms with Crippen LogP contribution >= 0.6 is 0 Å². The van der Waals surface area contributed by atoms with Crippen molar-refractivity contribution in [3.05, 3.63) is 180 Å². The normalized spacial score (nSPS) is 20.1. The summed E-state index contributed by atoms with van der Waals surface area (Å²) in [5.41, 5.74) is 29.1. The van der Waals surface area contributed by atoms with Crippen molar-refractivity contribution in [2.45, 2.75) is 138 Å². The van der Waals surface area contributed by atoms with Gasteiger partial charge in [0.25, 0.3) is 0 Å². The summed E-state index contributed by atoms with van der Waals surface area (Å²) < 4.78 is 0. The summed E-state index contributed by atoms with van der Waals surface area (Å²) in [6, 6.07) is 22.7. The van der Waals surface area contributed by atoms with Crippen molar-refractivity contribution < 1.29 is 43.2 Å². The van der Waals surface area contributed by atoms with Gasteiger partial charge in [0.1, 0.15) is 54.4 Å². The Kier molecular flexibility index (Phi) is 27.5. The molecule has 35 heteroatoms. The molecule has 0 saturated carbocycles. The van der Waals surface area contributed by atoms with E-state index in [9.17, 15) is 0 Å². The Labute approximate surface area is 654 Å². The zero-order valence-corrected chi connectivity index (χ0v) is 62.6. The van der Waals surface area contributed by atoms with E-state index in [1.807, 2.05) is 109 Å². The summed E-state index contributed by atoms with van der Waals surface area (Å²) in [6.07, 6.45) is 7.08. The molecule has 598 valence electrons.